The van der Waals surface area contributed by atoms with Crippen LogP contribution in [-0.4, -0.2) is 41.0 Å². The van der Waals surface area contributed by atoms with Crippen molar-refractivity contribution in [3.63, 3.8) is 0 Å². The molecule has 8 heteroatoms. The molecule has 0 aliphatic carbocycles. The summed E-state index contributed by atoms with van der Waals surface area (Å²) in [6.07, 6.45) is 2.62. The van der Waals surface area contributed by atoms with Gasteiger partial charge in [-0.05, 0) is 31.2 Å². The molecule has 0 bridgehead atoms. The van der Waals surface area contributed by atoms with E-state index in [0.717, 1.165) is 52.2 Å². The number of hydrogen-bond donors (Lipinski definition) is 1. The molecule has 0 radical (unpaired) electrons. The van der Waals surface area contributed by atoms with E-state index in [0.29, 0.717) is 25.6 Å². The zero-order chi connectivity index (χ0) is 21.9. The Kier molecular flexibility index (Phi) is 5.94. The van der Waals surface area contributed by atoms with Crippen LogP contribution in [0.4, 0.5) is 0 Å². The lowest BCUT2D eigenvalue weighted by atomic mass is 10.0. The van der Waals surface area contributed by atoms with Crippen molar-refractivity contribution in [1.82, 2.24) is 14.9 Å². The van der Waals surface area contributed by atoms with Crippen molar-refractivity contribution in [2.75, 3.05) is 25.6 Å². The quantitative estimate of drug-likeness (QED) is 0.570. The van der Waals surface area contributed by atoms with Gasteiger partial charge in [-0.25, -0.2) is 4.98 Å². The number of amides is 1. The van der Waals surface area contributed by atoms with E-state index in [-0.39, 0.29) is 11.9 Å². The first kappa shape index (κ1) is 20.8. The van der Waals surface area contributed by atoms with Crippen molar-refractivity contribution in [3.05, 3.63) is 54.2 Å². The van der Waals surface area contributed by atoms with E-state index >= 15 is 0 Å². The molecule has 1 amide bonds. The van der Waals surface area contributed by atoms with Crippen molar-refractivity contribution in [2.45, 2.75) is 31.1 Å². The maximum absolute atomic E-state index is 12.7. The maximum atomic E-state index is 12.7. The average Bonchev–Trinajstić information content (AvgIpc) is 3.25. The summed E-state index contributed by atoms with van der Waals surface area (Å²) in [4.78, 5) is 17.3. The first-order valence-electron chi connectivity index (χ1n) is 10.8. The summed E-state index contributed by atoms with van der Waals surface area (Å²) in [5.41, 5.74) is 3.04. The molecule has 0 unspecified atom stereocenters. The smallest absolute Gasteiger partial charge is 0.230 e. The van der Waals surface area contributed by atoms with Crippen molar-refractivity contribution >= 4 is 17.7 Å². The second-order valence-corrected chi connectivity index (χ2v) is 8.55. The van der Waals surface area contributed by atoms with Gasteiger partial charge in [0.05, 0.1) is 30.3 Å². The molecule has 2 aliphatic heterocycles. The summed E-state index contributed by atoms with van der Waals surface area (Å²) in [5.74, 6) is 2.66. The standard InChI is InChI=1S/C24H25N3O4S/c1-2-27-19(16-7-8-21-22(13-16)31-12-11-30-21)14-25-24(27)32-15-23(28)26-18-9-10-29-20-6-4-3-5-17(18)20/h3-8,13-14,18H,2,9-12,15H2,1H3,(H,26,28)/t18-/m0/s1. The monoisotopic (exact) mass is 451 g/mol. The van der Waals surface area contributed by atoms with Crippen LogP contribution in [0, 0.1) is 0 Å². The van der Waals surface area contributed by atoms with Crippen molar-refractivity contribution in [2.24, 2.45) is 0 Å². The minimum absolute atomic E-state index is 0.0109. The van der Waals surface area contributed by atoms with E-state index in [9.17, 15) is 4.79 Å². The molecule has 2 aromatic carbocycles. The third-order valence-electron chi connectivity index (χ3n) is 5.60. The van der Waals surface area contributed by atoms with Crippen LogP contribution in [0.3, 0.4) is 0 Å². The minimum Gasteiger partial charge on any atom is -0.493 e. The van der Waals surface area contributed by atoms with Crippen LogP contribution in [-0.2, 0) is 11.3 Å². The fourth-order valence-electron chi connectivity index (χ4n) is 4.07. The molecule has 166 valence electrons. The Labute approximate surface area is 191 Å². The van der Waals surface area contributed by atoms with Gasteiger partial charge in [0.2, 0.25) is 5.91 Å². The minimum atomic E-state index is -0.0211. The van der Waals surface area contributed by atoms with Crippen LogP contribution in [0.25, 0.3) is 11.3 Å². The molecule has 1 aromatic heterocycles. The summed E-state index contributed by atoms with van der Waals surface area (Å²) in [5, 5.41) is 3.97. The molecular weight excluding hydrogens is 426 g/mol. The number of aromatic nitrogens is 2. The number of rotatable bonds is 6. The third kappa shape index (κ3) is 4.14. The predicted molar refractivity (Wildman–Crippen MR) is 122 cm³/mol. The second-order valence-electron chi connectivity index (χ2n) is 7.61. The third-order valence-corrected chi connectivity index (χ3v) is 6.59. The van der Waals surface area contributed by atoms with E-state index < -0.39 is 0 Å². The SMILES string of the molecule is CCn1c(-c2ccc3c(c2)OCCO3)cnc1SCC(=O)N[C@H]1CCOc2ccccc21. The Morgan fingerprint density at radius 2 is 1.91 bits per heavy atom. The van der Waals surface area contributed by atoms with E-state index in [1.807, 2.05) is 48.7 Å². The van der Waals surface area contributed by atoms with Crippen LogP contribution < -0.4 is 19.5 Å². The van der Waals surface area contributed by atoms with Gasteiger partial charge in [0.25, 0.3) is 0 Å². The molecule has 0 spiro atoms. The Balaban J connectivity index is 1.27. The first-order chi connectivity index (χ1) is 15.7. The molecule has 32 heavy (non-hydrogen) atoms. The van der Waals surface area contributed by atoms with Crippen molar-refractivity contribution < 1.29 is 19.0 Å². The molecule has 3 aromatic rings. The van der Waals surface area contributed by atoms with Gasteiger partial charge in [-0.1, -0.05) is 30.0 Å². The summed E-state index contributed by atoms with van der Waals surface area (Å²) in [6.45, 7) is 4.56. The molecule has 5 rings (SSSR count). The number of carbonyl (C=O) groups is 1. The molecular formula is C24H25N3O4S. The van der Waals surface area contributed by atoms with Crippen LogP contribution in [0.2, 0.25) is 0 Å². The van der Waals surface area contributed by atoms with Crippen LogP contribution >= 0.6 is 11.8 Å². The van der Waals surface area contributed by atoms with Gasteiger partial charge in [0.15, 0.2) is 16.7 Å². The number of benzene rings is 2. The fourth-order valence-corrected chi connectivity index (χ4v) is 4.92. The van der Waals surface area contributed by atoms with Crippen LogP contribution in [0.1, 0.15) is 24.9 Å². The lowest BCUT2D eigenvalue weighted by Crippen LogP contribution is -2.33. The highest BCUT2D eigenvalue weighted by Gasteiger charge is 2.23. The Bertz CT molecular complexity index is 1130. The summed E-state index contributed by atoms with van der Waals surface area (Å²) in [7, 11) is 0. The van der Waals surface area contributed by atoms with Gasteiger partial charge < -0.3 is 24.1 Å². The molecule has 3 heterocycles. The summed E-state index contributed by atoms with van der Waals surface area (Å²) >= 11 is 1.45. The zero-order valence-electron chi connectivity index (χ0n) is 17.9. The normalized spacial score (nSPS) is 16.7. The van der Waals surface area contributed by atoms with Gasteiger partial charge in [-0.15, -0.1) is 0 Å². The Morgan fingerprint density at radius 1 is 1.09 bits per heavy atom. The second kappa shape index (κ2) is 9.16. The lowest BCUT2D eigenvalue weighted by molar-refractivity contribution is -0.119. The van der Waals surface area contributed by atoms with Crippen LogP contribution in [0.15, 0.2) is 53.8 Å². The maximum Gasteiger partial charge on any atom is 0.230 e. The topological polar surface area (TPSA) is 74.6 Å². The van der Waals surface area contributed by atoms with E-state index in [1.165, 1.54) is 11.8 Å². The number of nitrogens with zero attached hydrogens (tertiary/aromatic N) is 2. The number of fused-ring (bicyclic) bond motifs is 2. The molecule has 7 nitrogen and oxygen atoms in total. The van der Waals surface area contributed by atoms with E-state index in [4.69, 9.17) is 14.2 Å². The Morgan fingerprint density at radius 3 is 2.78 bits per heavy atom. The van der Waals surface area contributed by atoms with Crippen molar-refractivity contribution in [3.8, 4) is 28.5 Å². The number of para-hydroxylation sites is 1. The van der Waals surface area contributed by atoms with Gasteiger partial charge in [0.1, 0.15) is 19.0 Å². The van der Waals surface area contributed by atoms with Crippen LogP contribution in [0.5, 0.6) is 17.2 Å². The van der Waals surface area contributed by atoms with E-state index in [2.05, 4.69) is 21.8 Å². The summed E-state index contributed by atoms with van der Waals surface area (Å²) in [6, 6.07) is 13.8. The number of nitrogens with one attached hydrogen (secondary N) is 1. The Hall–Kier alpha value is -3.13. The highest BCUT2D eigenvalue weighted by Crippen LogP contribution is 2.36. The number of carbonyl (C=O) groups excluding carboxylic acids is 1. The van der Waals surface area contributed by atoms with E-state index in [1.54, 1.807) is 0 Å². The largest absolute Gasteiger partial charge is 0.493 e. The van der Waals surface area contributed by atoms with Gasteiger partial charge in [0, 0.05) is 24.1 Å². The lowest BCUT2D eigenvalue weighted by Gasteiger charge is -2.26. The number of thioether (sulfide) groups is 1. The zero-order valence-corrected chi connectivity index (χ0v) is 18.7. The van der Waals surface area contributed by atoms with Gasteiger partial charge >= 0.3 is 0 Å². The highest BCUT2D eigenvalue weighted by atomic mass is 32.2. The number of ether oxygens (including phenoxy) is 3. The van der Waals surface area contributed by atoms with Gasteiger partial charge in [-0.2, -0.15) is 0 Å². The molecule has 0 saturated carbocycles. The molecule has 1 N–H and O–H groups in total. The number of imidazole rings is 1. The number of hydrogen-bond acceptors (Lipinski definition) is 6. The molecule has 0 saturated heterocycles. The average molecular weight is 452 g/mol. The van der Waals surface area contributed by atoms with Gasteiger partial charge in [-0.3, -0.25) is 4.79 Å². The molecule has 2 aliphatic rings. The van der Waals surface area contributed by atoms with Crippen molar-refractivity contribution in [1.29, 1.82) is 0 Å². The molecule has 1 atom stereocenters. The first-order valence-corrected chi connectivity index (χ1v) is 11.8. The summed E-state index contributed by atoms with van der Waals surface area (Å²) < 4.78 is 19.1. The predicted octanol–water partition coefficient (Wildman–Crippen LogP) is 4.07. The molecule has 0 fully saturated rings. The fraction of sp³-hybridized carbons (Fsp3) is 0.333. The highest BCUT2D eigenvalue weighted by molar-refractivity contribution is 7.99.